The Morgan fingerprint density at radius 1 is 1.21 bits per heavy atom. The van der Waals surface area contributed by atoms with Gasteiger partial charge in [-0.25, -0.2) is 0 Å². The number of nitrogens with zero attached hydrogens (tertiary/aromatic N) is 1. The number of para-hydroxylation sites is 1. The normalized spacial score (nSPS) is 16.8. The Balaban J connectivity index is 0.00000162. The minimum atomic E-state index is -0.0792. The van der Waals surface area contributed by atoms with E-state index >= 15 is 0 Å². The molecule has 0 bridgehead atoms. The fourth-order valence-corrected chi connectivity index (χ4v) is 2.22. The van der Waals surface area contributed by atoms with Gasteiger partial charge in [0, 0.05) is 31.7 Å². The Kier molecular flexibility index (Phi) is 7.87. The molecule has 0 amide bonds. The van der Waals surface area contributed by atoms with Crippen LogP contribution in [-0.4, -0.2) is 41.3 Å². The van der Waals surface area contributed by atoms with Crippen molar-refractivity contribution in [3.8, 4) is 11.5 Å². The van der Waals surface area contributed by atoms with Gasteiger partial charge in [-0.3, -0.25) is 4.90 Å². The van der Waals surface area contributed by atoms with Gasteiger partial charge in [0.25, 0.3) is 0 Å². The number of nitrogens with one attached hydrogen (secondary N) is 1. The first-order valence-corrected chi connectivity index (χ1v) is 5.82. The Labute approximate surface area is 125 Å². The minimum Gasteiger partial charge on any atom is -0.504 e. The zero-order valence-electron chi connectivity index (χ0n) is 10.6. The summed E-state index contributed by atoms with van der Waals surface area (Å²) in [4.78, 5) is 2.23. The number of phenols is 2. The zero-order valence-corrected chi connectivity index (χ0v) is 12.2. The molecule has 2 rings (SSSR count). The van der Waals surface area contributed by atoms with Crippen molar-refractivity contribution in [1.29, 1.82) is 0 Å². The quantitative estimate of drug-likeness (QED) is 0.591. The average molecular weight is 307 g/mol. The third kappa shape index (κ3) is 4.01. The fourth-order valence-electron chi connectivity index (χ4n) is 2.22. The van der Waals surface area contributed by atoms with Gasteiger partial charge in [-0.05, 0) is 6.07 Å². The maximum Gasteiger partial charge on any atom is 0.162 e. The van der Waals surface area contributed by atoms with E-state index in [4.69, 9.17) is 0 Å². The second-order valence-electron chi connectivity index (χ2n) is 4.18. The molecule has 1 fully saturated rings. The minimum absolute atomic E-state index is 0. The SMILES string of the molecule is C=C[C@H](c1cccc(O)c1O)N1CCNCC1.Cl.Cl. The summed E-state index contributed by atoms with van der Waals surface area (Å²) in [5, 5.41) is 22.7. The lowest BCUT2D eigenvalue weighted by Gasteiger charge is -2.33. The van der Waals surface area contributed by atoms with Crippen LogP contribution in [-0.2, 0) is 0 Å². The van der Waals surface area contributed by atoms with E-state index in [9.17, 15) is 10.2 Å². The second kappa shape index (κ2) is 8.27. The molecule has 1 atom stereocenters. The molecule has 108 valence electrons. The summed E-state index contributed by atoms with van der Waals surface area (Å²) in [5.41, 5.74) is 0.710. The van der Waals surface area contributed by atoms with Gasteiger partial charge in [0.15, 0.2) is 11.5 Å². The van der Waals surface area contributed by atoms with Crippen molar-refractivity contribution < 1.29 is 10.2 Å². The van der Waals surface area contributed by atoms with Gasteiger partial charge in [0.05, 0.1) is 6.04 Å². The van der Waals surface area contributed by atoms with Crippen molar-refractivity contribution in [1.82, 2.24) is 10.2 Å². The molecule has 4 nitrogen and oxygen atoms in total. The second-order valence-corrected chi connectivity index (χ2v) is 4.18. The van der Waals surface area contributed by atoms with Gasteiger partial charge in [0.2, 0.25) is 0 Å². The Morgan fingerprint density at radius 3 is 2.42 bits per heavy atom. The van der Waals surface area contributed by atoms with E-state index in [1.165, 1.54) is 6.07 Å². The third-order valence-corrected chi connectivity index (χ3v) is 3.13. The van der Waals surface area contributed by atoms with E-state index in [1.807, 2.05) is 6.07 Å². The van der Waals surface area contributed by atoms with Crippen molar-refractivity contribution in [3.05, 3.63) is 36.4 Å². The molecule has 0 aliphatic carbocycles. The van der Waals surface area contributed by atoms with E-state index in [-0.39, 0.29) is 42.4 Å². The van der Waals surface area contributed by atoms with Crippen molar-refractivity contribution >= 4 is 24.8 Å². The summed E-state index contributed by atoms with van der Waals surface area (Å²) >= 11 is 0. The highest BCUT2D eigenvalue weighted by Gasteiger charge is 2.22. The van der Waals surface area contributed by atoms with Gasteiger partial charge in [-0.2, -0.15) is 0 Å². The summed E-state index contributed by atoms with van der Waals surface area (Å²) in [6, 6.07) is 4.99. The van der Waals surface area contributed by atoms with Gasteiger partial charge in [0.1, 0.15) is 0 Å². The van der Waals surface area contributed by atoms with E-state index in [0.29, 0.717) is 5.56 Å². The Hall–Kier alpha value is -0.940. The Bertz CT molecular complexity index is 410. The van der Waals surface area contributed by atoms with Gasteiger partial charge < -0.3 is 15.5 Å². The van der Waals surface area contributed by atoms with Crippen LogP contribution in [0.2, 0.25) is 0 Å². The maximum atomic E-state index is 9.89. The molecule has 0 spiro atoms. The first-order chi connectivity index (χ1) is 8.24. The summed E-state index contributed by atoms with van der Waals surface area (Å²) in [6.45, 7) is 7.51. The van der Waals surface area contributed by atoms with Gasteiger partial charge >= 0.3 is 0 Å². The molecule has 1 aliphatic rings. The first kappa shape index (κ1) is 18.1. The van der Waals surface area contributed by atoms with Crippen molar-refractivity contribution in [3.63, 3.8) is 0 Å². The largest absolute Gasteiger partial charge is 0.504 e. The molecule has 0 aromatic heterocycles. The van der Waals surface area contributed by atoms with Crippen LogP contribution in [0.5, 0.6) is 11.5 Å². The predicted octanol–water partition coefficient (Wildman–Crippen LogP) is 2.07. The number of halogens is 2. The highest BCUT2D eigenvalue weighted by atomic mass is 35.5. The molecule has 19 heavy (non-hydrogen) atoms. The number of benzene rings is 1. The molecule has 1 heterocycles. The van der Waals surface area contributed by atoms with Crippen LogP contribution in [0, 0.1) is 0 Å². The molecule has 1 aromatic rings. The number of rotatable bonds is 3. The number of aromatic hydroxyl groups is 2. The van der Waals surface area contributed by atoms with Gasteiger partial charge in [-0.1, -0.05) is 18.2 Å². The van der Waals surface area contributed by atoms with Crippen LogP contribution in [0.3, 0.4) is 0 Å². The standard InChI is InChI=1S/C13H18N2O2.2ClH/c1-2-11(15-8-6-14-7-9-15)10-4-3-5-12(16)13(10)17;;/h2-5,11,14,16-17H,1,6-9H2;2*1H/t11-;;/m1../s1. The number of hydrogen-bond acceptors (Lipinski definition) is 4. The van der Waals surface area contributed by atoms with E-state index < -0.39 is 0 Å². The summed E-state index contributed by atoms with van der Waals surface area (Å²) in [6.07, 6.45) is 1.81. The molecular weight excluding hydrogens is 287 g/mol. The number of hydrogen-bond donors (Lipinski definition) is 3. The average Bonchev–Trinajstić information content (AvgIpc) is 2.37. The number of piperazine rings is 1. The lowest BCUT2D eigenvalue weighted by atomic mass is 10.0. The molecule has 0 saturated carbocycles. The van der Waals surface area contributed by atoms with Crippen LogP contribution in [0.4, 0.5) is 0 Å². The van der Waals surface area contributed by atoms with Crippen LogP contribution in [0.1, 0.15) is 11.6 Å². The summed E-state index contributed by atoms with van der Waals surface area (Å²) in [5.74, 6) is -0.125. The predicted molar refractivity (Wildman–Crippen MR) is 81.6 cm³/mol. The smallest absolute Gasteiger partial charge is 0.162 e. The van der Waals surface area contributed by atoms with Crippen LogP contribution >= 0.6 is 24.8 Å². The molecule has 0 radical (unpaired) electrons. The monoisotopic (exact) mass is 306 g/mol. The molecular formula is C13H20Cl2N2O2. The van der Waals surface area contributed by atoms with E-state index in [2.05, 4.69) is 16.8 Å². The molecule has 6 heteroatoms. The maximum absolute atomic E-state index is 9.89. The highest BCUT2D eigenvalue weighted by molar-refractivity contribution is 5.85. The lowest BCUT2D eigenvalue weighted by Crippen LogP contribution is -2.44. The highest BCUT2D eigenvalue weighted by Crippen LogP contribution is 2.35. The van der Waals surface area contributed by atoms with Crippen LogP contribution < -0.4 is 5.32 Å². The van der Waals surface area contributed by atoms with Crippen molar-refractivity contribution in [2.45, 2.75) is 6.04 Å². The zero-order chi connectivity index (χ0) is 12.3. The molecule has 1 saturated heterocycles. The molecule has 0 unspecified atom stereocenters. The Morgan fingerprint density at radius 2 is 1.84 bits per heavy atom. The number of phenolic OH excluding ortho intramolecular Hbond substituents is 2. The summed E-state index contributed by atoms with van der Waals surface area (Å²) < 4.78 is 0. The third-order valence-electron chi connectivity index (χ3n) is 3.13. The lowest BCUT2D eigenvalue weighted by molar-refractivity contribution is 0.200. The molecule has 1 aliphatic heterocycles. The molecule has 1 aromatic carbocycles. The van der Waals surface area contributed by atoms with E-state index in [0.717, 1.165) is 26.2 Å². The fraction of sp³-hybridized carbons (Fsp3) is 0.385. The summed E-state index contributed by atoms with van der Waals surface area (Å²) in [7, 11) is 0. The van der Waals surface area contributed by atoms with E-state index in [1.54, 1.807) is 12.1 Å². The topological polar surface area (TPSA) is 55.7 Å². The molecule has 3 N–H and O–H groups in total. The van der Waals surface area contributed by atoms with Gasteiger partial charge in [-0.15, -0.1) is 31.4 Å². The first-order valence-electron chi connectivity index (χ1n) is 5.82. The van der Waals surface area contributed by atoms with Crippen molar-refractivity contribution in [2.24, 2.45) is 0 Å². The van der Waals surface area contributed by atoms with Crippen molar-refractivity contribution in [2.75, 3.05) is 26.2 Å². The van der Waals surface area contributed by atoms with Crippen LogP contribution in [0.15, 0.2) is 30.9 Å². The van der Waals surface area contributed by atoms with Crippen LogP contribution in [0.25, 0.3) is 0 Å².